The van der Waals surface area contributed by atoms with Gasteiger partial charge in [0.2, 0.25) is 0 Å². The molecule has 1 aliphatic rings. The number of halogens is 2. The number of hydrogen-bond acceptors (Lipinski definition) is 4. The quantitative estimate of drug-likeness (QED) is 0.495. The van der Waals surface area contributed by atoms with Crippen molar-refractivity contribution >= 4 is 21.5 Å². The van der Waals surface area contributed by atoms with E-state index in [-0.39, 0.29) is 28.4 Å². The molecule has 0 saturated carbocycles. The second-order valence-corrected chi connectivity index (χ2v) is 9.38. The standard InChI is InChI=1S/C22H19F2N3O3S/c1-13-11-18(14(2)27(13)17-6-3-15(23)4-7-17)22(28)26-25-20-9-10-31(29,30)21-8-5-16(24)12-19(20)21/h3-8,11-12H,9-10H2,1-2H3,(H,26,28)/b25-20+. The lowest BCUT2D eigenvalue weighted by molar-refractivity contribution is 0.0954. The average Bonchev–Trinajstić information content (AvgIpc) is 3.02. The van der Waals surface area contributed by atoms with E-state index in [1.807, 2.05) is 11.5 Å². The summed E-state index contributed by atoms with van der Waals surface area (Å²) in [5, 5.41) is 4.10. The summed E-state index contributed by atoms with van der Waals surface area (Å²) in [6.07, 6.45) is 0.0632. The van der Waals surface area contributed by atoms with Gasteiger partial charge >= 0.3 is 0 Å². The van der Waals surface area contributed by atoms with E-state index in [2.05, 4.69) is 10.5 Å². The molecule has 1 N–H and O–H groups in total. The number of aromatic nitrogens is 1. The lowest BCUT2D eigenvalue weighted by Gasteiger charge is -2.18. The van der Waals surface area contributed by atoms with E-state index in [9.17, 15) is 22.0 Å². The number of carbonyl (C=O) groups is 1. The minimum Gasteiger partial charge on any atom is -0.318 e. The minimum atomic E-state index is -3.52. The first kappa shape index (κ1) is 20.9. The highest BCUT2D eigenvalue weighted by Gasteiger charge is 2.28. The second-order valence-electron chi connectivity index (χ2n) is 7.31. The highest BCUT2D eigenvalue weighted by molar-refractivity contribution is 7.91. The van der Waals surface area contributed by atoms with Gasteiger partial charge in [0.15, 0.2) is 9.84 Å². The van der Waals surface area contributed by atoms with Gasteiger partial charge in [0.1, 0.15) is 11.6 Å². The fraction of sp³-hybridized carbons (Fsp3) is 0.182. The molecule has 1 aliphatic heterocycles. The molecule has 0 saturated heterocycles. The fourth-order valence-corrected chi connectivity index (χ4v) is 5.22. The van der Waals surface area contributed by atoms with Crippen LogP contribution in [0.2, 0.25) is 0 Å². The van der Waals surface area contributed by atoms with Crippen LogP contribution in [0.5, 0.6) is 0 Å². The molecule has 2 heterocycles. The third-order valence-electron chi connectivity index (χ3n) is 5.25. The van der Waals surface area contributed by atoms with Crippen molar-refractivity contribution in [2.45, 2.75) is 25.2 Å². The molecule has 3 aromatic rings. The number of nitrogens with zero attached hydrogens (tertiary/aromatic N) is 2. The molecule has 0 atom stereocenters. The second kappa shape index (κ2) is 7.73. The molecule has 2 aromatic carbocycles. The molecular formula is C22H19F2N3O3S. The highest BCUT2D eigenvalue weighted by Crippen LogP contribution is 2.26. The average molecular weight is 443 g/mol. The van der Waals surface area contributed by atoms with Gasteiger partial charge in [-0.25, -0.2) is 22.6 Å². The summed E-state index contributed by atoms with van der Waals surface area (Å²) >= 11 is 0. The third-order valence-corrected chi connectivity index (χ3v) is 7.02. The van der Waals surface area contributed by atoms with Gasteiger partial charge in [-0.1, -0.05) is 0 Å². The number of sulfone groups is 1. The van der Waals surface area contributed by atoms with Crippen molar-refractivity contribution in [2.24, 2.45) is 5.10 Å². The Hall–Kier alpha value is -3.33. The van der Waals surface area contributed by atoms with E-state index in [4.69, 9.17) is 0 Å². The number of nitrogens with one attached hydrogen (secondary N) is 1. The van der Waals surface area contributed by atoms with E-state index in [1.165, 1.54) is 18.2 Å². The van der Waals surface area contributed by atoms with Crippen molar-refractivity contribution in [1.82, 2.24) is 9.99 Å². The van der Waals surface area contributed by atoms with Gasteiger partial charge in [-0.05, 0) is 62.4 Å². The molecule has 9 heteroatoms. The SMILES string of the molecule is Cc1cc(C(=O)N/N=C2\CCS(=O)(=O)c3ccc(F)cc32)c(C)n1-c1ccc(F)cc1. The van der Waals surface area contributed by atoms with E-state index >= 15 is 0 Å². The molecule has 4 rings (SSSR count). The van der Waals surface area contributed by atoms with Crippen molar-refractivity contribution in [2.75, 3.05) is 5.75 Å². The largest absolute Gasteiger partial charge is 0.318 e. The normalized spacial score (nSPS) is 16.2. The predicted molar refractivity (Wildman–Crippen MR) is 112 cm³/mol. The van der Waals surface area contributed by atoms with Crippen LogP contribution in [0.3, 0.4) is 0 Å². The molecule has 1 aromatic heterocycles. The zero-order chi connectivity index (χ0) is 22.3. The van der Waals surface area contributed by atoms with Gasteiger partial charge in [0.25, 0.3) is 5.91 Å². The maximum Gasteiger partial charge on any atom is 0.273 e. The van der Waals surface area contributed by atoms with Crippen molar-refractivity contribution in [3.63, 3.8) is 0 Å². The monoisotopic (exact) mass is 443 g/mol. The summed E-state index contributed by atoms with van der Waals surface area (Å²) in [6, 6.07) is 11.0. The van der Waals surface area contributed by atoms with Crippen LogP contribution in [0.4, 0.5) is 8.78 Å². The number of rotatable bonds is 3. The summed E-state index contributed by atoms with van der Waals surface area (Å²) in [7, 11) is -3.52. The van der Waals surface area contributed by atoms with Crippen molar-refractivity contribution in [1.29, 1.82) is 0 Å². The van der Waals surface area contributed by atoms with E-state index in [0.29, 0.717) is 22.7 Å². The topological polar surface area (TPSA) is 80.5 Å². The smallest absolute Gasteiger partial charge is 0.273 e. The maximum absolute atomic E-state index is 13.7. The highest BCUT2D eigenvalue weighted by atomic mass is 32.2. The Kier molecular flexibility index (Phi) is 5.22. The van der Waals surface area contributed by atoms with E-state index < -0.39 is 21.6 Å². The Morgan fingerprint density at radius 2 is 1.71 bits per heavy atom. The molecule has 0 unspecified atom stereocenters. The van der Waals surface area contributed by atoms with Crippen LogP contribution < -0.4 is 5.43 Å². The zero-order valence-electron chi connectivity index (χ0n) is 16.8. The zero-order valence-corrected chi connectivity index (χ0v) is 17.6. The molecular weight excluding hydrogens is 424 g/mol. The van der Waals surface area contributed by atoms with Crippen LogP contribution in [0.15, 0.2) is 58.5 Å². The number of hydrogen-bond donors (Lipinski definition) is 1. The minimum absolute atomic E-state index is 0.00244. The molecule has 0 aliphatic carbocycles. The van der Waals surface area contributed by atoms with Gasteiger partial charge in [-0.3, -0.25) is 4.79 Å². The Morgan fingerprint density at radius 1 is 1.03 bits per heavy atom. The molecule has 0 spiro atoms. The van der Waals surface area contributed by atoms with Crippen LogP contribution in [0.1, 0.15) is 33.7 Å². The number of hydrazone groups is 1. The molecule has 31 heavy (non-hydrogen) atoms. The van der Waals surface area contributed by atoms with E-state index in [1.54, 1.807) is 25.1 Å². The lowest BCUT2D eigenvalue weighted by atomic mass is 10.1. The van der Waals surface area contributed by atoms with Gasteiger partial charge in [-0.15, -0.1) is 0 Å². The third kappa shape index (κ3) is 3.88. The van der Waals surface area contributed by atoms with Crippen molar-refractivity contribution in [3.8, 4) is 5.69 Å². The van der Waals surface area contributed by atoms with Crippen LogP contribution >= 0.6 is 0 Å². The van der Waals surface area contributed by atoms with E-state index in [0.717, 1.165) is 17.8 Å². The molecule has 6 nitrogen and oxygen atoms in total. The summed E-state index contributed by atoms with van der Waals surface area (Å²) in [5.74, 6) is -1.59. The van der Waals surface area contributed by atoms with Gasteiger partial charge < -0.3 is 4.57 Å². The summed E-state index contributed by atoms with van der Waals surface area (Å²) in [6.45, 7) is 3.58. The molecule has 160 valence electrons. The van der Waals surface area contributed by atoms with Gasteiger partial charge in [0, 0.05) is 29.1 Å². The number of amides is 1. The van der Waals surface area contributed by atoms with Crippen LogP contribution in [0, 0.1) is 25.5 Å². The van der Waals surface area contributed by atoms with Gasteiger partial charge in [0.05, 0.1) is 21.9 Å². The number of aryl methyl sites for hydroxylation is 1. The molecule has 0 radical (unpaired) electrons. The van der Waals surface area contributed by atoms with Crippen LogP contribution in [-0.4, -0.2) is 30.4 Å². The Bertz CT molecular complexity index is 1330. The summed E-state index contributed by atoms with van der Waals surface area (Å²) in [4.78, 5) is 12.8. The number of benzene rings is 2. The van der Waals surface area contributed by atoms with Crippen molar-refractivity contribution in [3.05, 3.63) is 82.7 Å². The Morgan fingerprint density at radius 3 is 2.42 bits per heavy atom. The molecule has 0 fully saturated rings. The molecule has 0 bridgehead atoms. The van der Waals surface area contributed by atoms with Gasteiger partial charge in [-0.2, -0.15) is 5.10 Å². The summed E-state index contributed by atoms with van der Waals surface area (Å²) in [5.41, 5.74) is 5.40. The van der Waals surface area contributed by atoms with Crippen LogP contribution in [0.25, 0.3) is 5.69 Å². The molecule has 1 amide bonds. The lowest BCUT2D eigenvalue weighted by Crippen LogP contribution is -2.26. The first-order chi connectivity index (χ1) is 14.7. The Balaban J connectivity index is 1.64. The number of carbonyl (C=O) groups excluding carboxylic acids is 1. The van der Waals surface area contributed by atoms with Crippen LogP contribution in [-0.2, 0) is 9.84 Å². The first-order valence-corrected chi connectivity index (χ1v) is 11.2. The number of fused-ring (bicyclic) bond motifs is 1. The maximum atomic E-state index is 13.7. The summed E-state index contributed by atoms with van der Waals surface area (Å²) < 4.78 is 53.2. The van der Waals surface area contributed by atoms with Crippen molar-refractivity contribution < 1.29 is 22.0 Å². The first-order valence-electron chi connectivity index (χ1n) is 9.52. The Labute approximate surface area is 178 Å². The fourth-order valence-electron chi connectivity index (χ4n) is 3.75. The predicted octanol–water partition coefficient (Wildman–Crippen LogP) is 3.68.